The molecule has 1 aromatic carbocycles. The number of carboxylic acid groups (broad SMARTS) is 1. The number of alkyl halides is 1. The van der Waals surface area contributed by atoms with Gasteiger partial charge in [0.25, 0.3) is 5.69 Å². The average Bonchev–Trinajstić information content (AvgIpc) is 2.35. The van der Waals surface area contributed by atoms with Gasteiger partial charge in [0.2, 0.25) is 0 Å². The molecule has 0 radical (unpaired) electrons. The Kier molecular flexibility index (Phi) is 4.57. The number of aliphatic carboxylic acids is 1. The lowest BCUT2D eigenvalue weighted by molar-refractivity contribution is -0.385. The number of Topliss-reactive ketones (excluding diaryl/α,β-unsaturated/α-hetero) is 1. The summed E-state index contributed by atoms with van der Waals surface area (Å²) in [5.41, 5.74) is -1.42. The van der Waals surface area contributed by atoms with Gasteiger partial charge in [-0.2, -0.15) is 0 Å². The quantitative estimate of drug-likeness (QED) is 0.367. The third-order valence-electron chi connectivity index (χ3n) is 2.41. The molecule has 2 atom stereocenters. The minimum Gasteiger partial charge on any atom is -0.479 e. The molecule has 0 heterocycles. The van der Waals surface area contributed by atoms with Crippen molar-refractivity contribution in [1.29, 1.82) is 0 Å². The van der Waals surface area contributed by atoms with Crippen LogP contribution in [0.4, 0.5) is 5.69 Å². The highest BCUT2D eigenvalue weighted by atomic mass is 35.5. The predicted molar refractivity (Wildman–Crippen MR) is 65.3 cm³/mol. The maximum Gasteiger partial charge on any atom is 0.337 e. The molecule has 0 aliphatic carbocycles. The average molecular weight is 288 g/mol. The molecule has 0 aromatic heterocycles. The molecule has 7 nitrogen and oxygen atoms in total. The third-order valence-corrected chi connectivity index (χ3v) is 2.61. The molecule has 2 unspecified atom stereocenters. The summed E-state index contributed by atoms with van der Waals surface area (Å²) in [5, 5.41) is 28.0. The summed E-state index contributed by atoms with van der Waals surface area (Å²) in [6.45, 7) is 1.30. The minimum absolute atomic E-state index is 0.348. The molecule has 102 valence electrons. The van der Waals surface area contributed by atoms with E-state index < -0.39 is 39.4 Å². The lowest BCUT2D eigenvalue weighted by Crippen LogP contribution is -2.20. The molecule has 0 fully saturated rings. The van der Waals surface area contributed by atoms with Crippen LogP contribution >= 0.6 is 11.6 Å². The largest absolute Gasteiger partial charge is 0.479 e. The number of aliphatic hydroxyl groups is 1. The van der Waals surface area contributed by atoms with Crippen LogP contribution in [-0.2, 0) is 4.79 Å². The zero-order valence-corrected chi connectivity index (χ0v) is 10.5. The summed E-state index contributed by atoms with van der Waals surface area (Å²) >= 11 is 5.59. The fraction of sp³-hybridized carbons (Fsp3) is 0.273. The van der Waals surface area contributed by atoms with Gasteiger partial charge < -0.3 is 10.2 Å². The van der Waals surface area contributed by atoms with E-state index in [4.69, 9.17) is 16.7 Å². The number of nitrogens with zero attached hydrogens (tertiary/aromatic N) is 1. The SMILES string of the molecule is CC(Cl)C(=O)c1c(C(O)C(=O)O)cccc1[N+](=O)[O-]. The van der Waals surface area contributed by atoms with Crippen LogP contribution in [0.15, 0.2) is 18.2 Å². The molecule has 0 aliphatic heterocycles. The summed E-state index contributed by atoms with van der Waals surface area (Å²) in [6.07, 6.45) is -2.03. The van der Waals surface area contributed by atoms with Gasteiger partial charge in [0, 0.05) is 11.6 Å². The van der Waals surface area contributed by atoms with Crippen LogP contribution in [0.25, 0.3) is 0 Å². The molecule has 0 aliphatic rings. The summed E-state index contributed by atoms with van der Waals surface area (Å²) in [4.78, 5) is 32.7. The van der Waals surface area contributed by atoms with Gasteiger partial charge in [-0.15, -0.1) is 11.6 Å². The van der Waals surface area contributed by atoms with Crippen LogP contribution in [0.2, 0.25) is 0 Å². The van der Waals surface area contributed by atoms with E-state index in [1.54, 1.807) is 0 Å². The van der Waals surface area contributed by atoms with Gasteiger partial charge in [-0.3, -0.25) is 14.9 Å². The number of ketones is 1. The molecule has 2 N–H and O–H groups in total. The smallest absolute Gasteiger partial charge is 0.337 e. The van der Waals surface area contributed by atoms with Gasteiger partial charge in [-0.25, -0.2) is 4.79 Å². The second-order valence-electron chi connectivity index (χ2n) is 3.72. The molecule has 19 heavy (non-hydrogen) atoms. The Hall–Kier alpha value is -1.99. The van der Waals surface area contributed by atoms with Crippen LogP contribution in [-0.4, -0.2) is 32.3 Å². The molecule has 8 heteroatoms. The van der Waals surface area contributed by atoms with Crippen LogP contribution in [0.3, 0.4) is 0 Å². The first-order valence-corrected chi connectivity index (χ1v) is 5.57. The highest BCUT2D eigenvalue weighted by Crippen LogP contribution is 2.29. The van der Waals surface area contributed by atoms with Crippen LogP contribution in [0.1, 0.15) is 28.9 Å². The first-order valence-electron chi connectivity index (χ1n) is 5.13. The maximum atomic E-state index is 11.9. The Balaban J connectivity index is 3.55. The lowest BCUT2D eigenvalue weighted by atomic mass is 9.96. The van der Waals surface area contributed by atoms with Gasteiger partial charge in [-0.1, -0.05) is 12.1 Å². The van der Waals surface area contributed by atoms with Gasteiger partial charge in [0.1, 0.15) is 5.56 Å². The third kappa shape index (κ3) is 3.07. The zero-order valence-electron chi connectivity index (χ0n) is 9.74. The Morgan fingerprint density at radius 2 is 2.00 bits per heavy atom. The van der Waals surface area contributed by atoms with Crippen LogP contribution < -0.4 is 0 Å². The summed E-state index contributed by atoms with van der Waals surface area (Å²) in [6, 6.07) is 3.37. The van der Waals surface area contributed by atoms with Gasteiger partial charge in [-0.05, 0) is 6.92 Å². The number of carboxylic acids is 1. The van der Waals surface area contributed by atoms with Crippen LogP contribution in [0.5, 0.6) is 0 Å². The number of hydrogen-bond acceptors (Lipinski definition) is 5. The van der Waals surface area contributed by atoms with Gasteiger partial charge in [0.15, 0.2) is 11.9 Å². The number of rotatable bonds is 5. The first kappa shape index (κ1) is 15.1. The topological polar surface area (TPSA) is 118 Å². The van der Waals surface area contributed by atoms with Crippen molar-refractivity contribution in [3.8, 4) is 0 Å². The summed E-state index contributed by atoms with van der Waals surface area (Å²) in [5.74, 6) is -2.43. The van der Waals surface area contributed by atoms with Gasteiger partial charge in [0.05, 0.1) is 10.3 Å². The molecular weight excluding hydrogens is 278 g/mol. The van der Waals surface area contributed by atoms with Crippen molar-refractivity contribution in [3.05, 3.63) is 39.4 Å². The fourth-order valence-corrected chi connectivity index (χ4v) is 1.65. The van der Waals surface area contributed by atoms with E-state index in [1.807, 2.05) is 0 Å². The molecule has 0 bridgehead atoms. The van der Waals surface area contributed by atoms with Crippen molar-refractivity contribution in [2.45, 2.75) is 18.4 Å². The van der Waals surface area contributed by atoms with E-state index in [9.17, 15) is 24.8 Å². The number of nitro benzene ring substituents is 1. The first-order chi connectivity index (χ1) is 8.77. The normalized spacial score (nSPS) is 13.6. The van der Waals surface area contributed by atoms with E-state index in [0.717, 1.165) is 12.1 Å². The Bertz CT molecular complexity index is 542. The van der Waals surface area contributed by atoms with Crippen molar-refractivity contribution in [3.63, 3.8) is 0 Å². The molecule has 0 amide bonds. The Morgan fingerprint density at radius 1 is 1.42 bits per heavy atom. The number of aliphatic hydroxyl groups excluding tert-OH is 1. The molecule has 0 saturated heterocycles. The van der Waals surface area contributed by atoms with E-state index in [2.05, 4.69) is 0 Å². The molecule has 0 saturated carbocycles. The zero-order chi connectivity index (χ0) is 14.7. The lowest BCUT2D eigenvalue weighted by Gasteiger charge is -2.12. The maximum absolute atomic E-state index is 11.9. The highest BCUT2D eigenvalue weighted by molar-refractivity contribution is 6.34. The molecular formula is C11H10ClNO6. The second-order valence-corrected chi connectivity index (χ2v) is 4.37. The number of halogens is 1. The molecule has 1 aromatic rings. The highest BCUT2D eigenvalue weighted by Gasteiger charge is 2.31. The molecule has 0 spiro atoms. The monoisotopic (exact) mass is 287 g/mol. The van der Waals surface area contributed by atoms with Crippen molar-refractivity contribution >= 4 is 29.0 Å². The minimum atomic E-state index is -2.03. The number of nitro groups is 1. The summed E-state index contributed by atoms with van der Waals surface area (Å²) < 4.78 is 0. The Labute approximate surface area is 112 Å². The van der Waals surface area contributed by atoms with Crippen molar-refractivity contribution in [1.82, 2.24) is 0 Å². The second kappa shape index (κ2) is 5.77. The van der Waals surface area contributed by atoms with E-state index in [-0.39, 0.29) is 5.56 Å². The standard InChI is InChI=1S/C11H10ClNO6/c1-5(12)9(14)8-6(10(15)11(16)17)3-2-4-7(8)13(18)19/h2-5,10,15H,1H3,(H,16,17). The van der Waals surface area contributed by atoms with Crippen molar-refractivity contribution in [2.75, 3.05) is 0 Å². The number of hydrogen-bond donors (Lipinski definition) is 2. The Morgan fingerprint density at radius 3 is 2.42 bits per heavy atom. The number of carbonyl (C=O) groups excluding carboxylic acids is 1. The predicted octanol–water partition coefficient (Wildman–Crippen LogP) is 1.52. The van der Waals surface area contributed by atoms with Crippen LogP contribution in [0, 0.1) is 10.1 Å². The fourth-order valence-electron chi connectivity index (χ4n) is 1.54. The van der Waals surface area contributed by atoms with E-state index >= 15 is 0 Å². The van der Waals surface area contributed by atoms with E-state index in [1.165, 1.54) is 13.0 Å². The van der Waals surface area contributed by atoms with Gasteiger partial charge >= 0.3 is 5.97 Å². The number of carbonyl (C=O) groups is 2. The summed E-state index contributed by atoms with van der Waals surface area (Å²) in [7, 11) is 0. The van der Waals surface area contributed by atoms with Crippen molar-refractivity contribution < 1.29 is 24.7 Å². The number of benzene rings is 1. The molecule has 1 rings (SSSR count). The van der Waals surface area contributed by atoms with E-state index in [0.29, 0.717) is 0 Å². The van der Waals surface area contributed by atoms with Crippen molar-refractivity contribution in [2.24, 2.45) is 0 Å².